The van der Waals surface area contributed by atoms with E-state index in [0.717, 1.165) is 0 Å². The van der Waals surface area contributed by atoms with Crippen LogP contribution in [0.3, 0.4) is 0 Å². The minimum atomic E-state index is -2.22. The van der Waals surface area contributed by atoms with Gasteiger partial charge in [-0.15, -0.1) is 5.10 Å². The van der Waals surface area contributed by atoms with Crippen molar-refractivity contribution >= 4 is 40.1 Å². The summed E-state index contributed by atoms with van der Waals surface area (Å²) < 4.78 is 12.0. The number of anilines is 3. The molecule has 0 aliphatic carbocycles. The maximum atomic E-state index is 13.3. The Morgan fingerprint density at radius 1 is 1.33 bits per heavy atom. The lowest BCUT2D eigenvalue weighted by Gasteiger charge is -2.37. The summed E-state index contributed by atoms with van der Waals surface area (Å²) in [7, 11) is 0. The molecule has 1 saturated heterocycles. The van der Waals surface area contributed by atoms with Crippen LogP contribution in [-0.2, 0) is 14.3 Å². The molecule has 0 bridgehead atoms. The number of carbonyl (C=O) groups is 2. The van der Waals surface area contributed by atoms with Gasteiger partial charge in [0.25, 0.3) is 11.8 Å². The lowest BCUT2D eigenvalue weighted by Crippen LogP contribution is -2.61. The Morgan fingerprint density at radius 3 is 2.97 bits per heavy atom. The number of aromatic nitrogens is 5. The van der Waals surface area contributed by atoms with Crippen LogP contribution in [0.5, 0.6) is 0 Å². The molecule has 1 aliphatic rings. The number of nitriles is 1. The normalized spacial score (nSPS) is 17.5. The highest BCUT2D eigenvalue weighted by Crippen LogP contribution is 2.27. The summed E-state index contributed by atoms with van der Waals surface area (Å²) in [5.41, 5.74) is 4.14. The number of benzene rings is 1. The second-order valence-electron chi connectivity index (χ2n) is 8.09. The van der Waals surface area contributed by atoms with Crippen molar-refractivity contribution in [2.45, 2.75) is 18.6 Å². The van der Waals surface area contributed by atoms with Crippen LogP contribution >= 0.6 is 0 Å². The molecule has 0 unspecified atom stereocenters. The molecule has 0 spiro atoms. The maximum Gasteiger partial charge on any atom is 0.260 e. The summed E-state index contributed by atoms with van der Waals surface area (Å²) in [5, 5.41) is 31.2. The molecule has 0 saturated carbocycles. The highest BCUT2D eigenvalue weighted by molar-refractivity contribution is 6.06. The number of hydrogen-bond donors (Lipinski definition) is 3. The number of aliphatic hydroxyl groups is 1. The van der Waals surface area contributed by atoms with E-state index in [4.69, 9.17) is 20.3 Å². The smallest absolute Gasteiger partial charge is 0.260 e. The van der Waals surface area contributed by atoms with Crippen LogP contribution in [0.25, 0.3) is 16.8 Å². The van der Waals surface area contributed by atoms with Crippen LogP contribution in [0.2, 0.25) is 0 Å². The topological polar surface area (TPSA) is 198 Å². The Kier molecular flexibility index (Phi) is 5.55. The van der Waals surface area contributed by atoms with Crippen molar-refractivity contribution in [3.8, 4) is 11.9 Å². The molecule has 182 valence electrons. The van der Waals surface area contributed by atoms with Crippen molar-refractivity contribution in [1.29, 1.82) is 5.26 Å². The SMILES string of the molecule is C[C@](O)(C(=O)Nc1ccc2c(N)noc2c1)[C@H]1OCCN(c2ccn(-c3ccnc(C#N)n3)n2)C1=O. The van der Waals surface area contributed by atoms with Crippen LogP contribution in [0.15, 0.2) is 47.2 Å². The molecule has 4 aromatic rings. The fourth-order valence-corrected chi connectivity index (χ4v) is 3.74. The summed E-state index contributed by atoms with van der Waals surface area (Å²) >= 11 is 0. The number of fused-ring (bicyclic) bond motifs is 1. The van der Waals surface area contributed by atoms with Crippen molar-refractivity contribution < 1.29 is 24.0 Å². The molecule has 0 radical (unpaired) electrons. The monoisotopic (exact) mass is 489 g/mol. The summed E-state index contributed by atoms with van der Waals surface area (Å²) in [6, 6.07) is 9.66. The van der Waals surface area contributed by atoms with E-state index in [1.54, 1.807) is 30.5 Å². The van der Waals surface area contributed by atoms with E-state index in [1.165, 1.54) is 28.8 Å². The highest BCUT2D eigenvalue weighted by atomic mass is 16.5. The minimum Gasteiger partial charge on any atom is -0.380 e. The van der Waals surface area contributed by atoms with E-state index in [1.807, 2.05) is 6.07 Å². The van der Waals surface area contributed by atoms with Gasteiger partial charge in [-0.25, -0.2) is 9.67 Å². The number of nitrogens with two attached hydrogens (primary N) is 1. The van der Waals surface area contributed by atoms with E-state index >= 15 is 0 Å². The zero-order valence-electron chi connectivity index (χ0n) is 18.8. The van der Waals surface area contributed by atoms with Crippen LogP contribution in [0.1, 0.15) is 12.7 Å². The lowest BCUT2D eigenvalue weighted by molar-refractivity contribution is -0.165. The van der Waals surface area contributed by atoms with E-state index in [9.17, 15) is 14.7 Å². The Hall–Kier alpha value is -4.87. The third-order valence-corrected chi connectivity index (χ3v) is 5.64. The largest absolute Gasteiger partial charge is 0.380 e. The van der Waals surface area contributed by atoms with E-state index in [-0.39, 0.29) is 30.6 Å². The molecule has 5 rings (SSSR count). The van der Waals surface area contributed by atoms with Gasteiger partial charge in [-0.05, 0) is 19.1 Å². The summed E-state index contributed by atoms with van der Waals surface area (Å²) in [6.07, 6.45) is 1.49. The van der Waals surface area contributed by atoms with Crippen LogP contribution in [-0.4, -0.2) is 66.7 Å². The Labute approximate surface area is 202 Å². The number of nitrogens with one attached hydrogen (secondary N) is 1. The van der Waals surface area contributed by atoms with Crippen LogP contribution < -0.4 is 16.0 Å². The summed E-state index contributed by atoms with van der Waals surface area (Å²) in [4.78, 5) is 35.4. The number of rotatable bonds is 5. The quantitative estimate of drug-likeness (QED) is 0.350. The molecule has 36 heavy (non-hydrogen) atoms. The van der Waals surface area contributed by atoms with E-state index in [0.29, 0.717) is 22.5 Å². The highest BCUT2D eigenvalue weighted by Gasteiger charge is 2.49. The molecule has 14 nitrogen and oxygen atoms in total. The second kappa shape index (κ2) is 8.73. The van der Waals surface area contributed by atoms with Gasteiger partial charge in [-0.1, -0.05) is 5.16 Å². The number of carbonyl (C=O) groups excluding carboxylic acids is 2. The first kappa shape index (κ1) is 22.9. The van der Waals surface area contributed by atoms with Crippen molar-refractivity contribution in [1.82, 2.24) is 24.9 Å². The fourth-order valence-electron chi connectivity index (χ4n) is 3.74. The van der Waals surface area contributed by atoms with Crippen molar-refractivity contribution in [2.75, 3.05) is 29.1 Å². The molecule has 4 N–H and O–H groups in total. The van der Waals surface area contributed by atoms with Gasteiger partial charge < -0.3 is 25.4 Å². The van der Waals surface area contributed by atoms with Gasteiger partial charge in [-0.3, -0.25) is 14.5 Å². The molecule has 2 amide bonds. The molecule has 3 aromatic heterocycles. The van der Waals surface area contributed by atoms with Gasteiger partial charge in [0.1, 0.15) is 6.07 Å². The van der Waals surface area contributed by atoms with Gasteiger partial charge in [-0.2, -0.15) is 10.2 Å². The van der Waals surface area contributed by atoms with E-state index in [2.05, 4.69) is 25.5 Å². The molecular weight excluding hydrogens is 470 g/mol. The van der Waals surface area contributed by atoms with Gasteiger partial charge in [0.05, 0.1) is 18.5 Å². The molecule has 14 heteroatoms. The van der Waals surface area contributed by atoms with Gasteiger partial charge >= 0.3 is 0 Å². The number of nitrogens with zero attached hydrogens (tertiary/aromatic N) is 7. The Balaban J connectivity index is 1.34. The summed E-state index contributed by atoms with van der Waals surface area (Å²) in [5.74, 6) is -0.726. The first-order valence-corrected chi connectivity index (χ1v) is 10.7. The number of hydrogen-bond acceptors (Lipinski definition) is 11. The predicted octanol–water partition coefficient (Wildman–Crippen LogP) is 0.379. The van der Waals surface area contributed by atoms with Crippen molar-refractivity contribution in [3.05, 3.63) is 48.5 Å². The molecular formula is C22H19N9O5. The number of amides is 2. The van der Waals surface area contributed by atoms with E-state index < -0.39 is 23.5 Å². The van der Waals surface area contributed by atoms with Gasteiger partial charge in [0.2, 0.25) is 5.82 Å². The van der Waals surface area contributed by atoms with Gasteiger partial charge in [0.15, 0.2) is 34.7 Å². The van der Waals surface area contributed by atoms with Crippen molar-refractivity contribution in [2.24, 2.45) is 0 Å². The molecule has 4 heterocycles. The Bertz CT molecular complexity index is 1520. The zero-order chi connectivity index (χ0) is 25.4. The average Bonchev–Trinajstić information content (AvgIpc) is 3.51. The molecule has 1 aliphatic heterocycles. The second-order valence-corrected chi connectivity index (χ2v) is 8.09. The lowest BCUT2D eigenvalue weighted by atomic mass is 9.95. The standard InChI is InChI=1S/C22H19N9O5/c1-22(34,21(33)26-12-2-3-13-14(10-12)36-29-19(13)24)18-20(32)30(8-9-35-18)17-5-7-31(28-17)16-4-6-25-15(11-23)27-16/h2-7,10,18,34H,8-9H2,1H3,(H2,24,29)(H,26,33)/t18-,22+/m0/s1. The number of ether oxygens (including phenoxy) is 1. The number of nitrogen functional groups attached to an aromatic ring is 1. The first-order chi connectivity index (χ1) is 17.3. The average molecular weight is 489 g/mol. The van der Waals surface area contributed by atoms with Crippen molar-refractivity contribution in [3.63, 3.8) is 0 Å². The maximum absolute atomic E-state index is 13.3. The van der Waals surface area contributed by atoms with Crippen LogP contribution in [0, 0.1) is 11.3 Å². The Morgan fingerprint density at radius 2 is 2.17 bits per heavy atom. The number of morpholine rings is 1. The predicted molar refractivity (Wildman–Crippen MR) is 124 cm³/mol. The zero-order valence-corrected chi connectivity index (χ0v) is 18.8. The summed E-state index contributed by atoms with van der Waals surface area (Å²) in [6.45, 7) is 1.41. The first-order valence-electron chi connectivity index (χ1n) is 10.7. The molecule has 1 fully saturated rings. The minimum absolute atomic E-state index is 0.0277. The molecule has 2 atom stereocenters. The molecule has 1 aromatic carbocycles. The third-order valence-electron chi connectivity index (χ3n) is 5.64. The fraction of sp³-hybridized carbons (Fsp3) is 0.227. The van der Waals surface area contributed by atoms with Gasteiger partial charge in [0, 0.05) is 36.3 Å². The van der Waals surface area contributed by atoms with Crippen LogP contribution in [0.4, 0.5) is 17.3 Å². The third kappa shape index (κ3) is 3.98.